The van der Waals surface area contributed by atoms with E-state index >= 15 is 0 Å². The van der Waals surface area contributed by atoms with Crippen LogP contribution < -0.4 is 14.8 Å². The van der Waals surface area contributed by atoms with Gasteiger partial charge in [0.15, 0.2) is 5.60 Å². The van der Waals surface area contributed by atoms with Crippen molar-refractivity contribution < 1.29 is 33.4 Å². The second kappa shape index (κ2) is 12.5. The van der Waals surface area contributed by atoms with Gasteiger partial charge in [-0.05, 0) is 100 Å². The Bertz CT molecular complexity index is 1390. The van der Waals surface area contributed by atoms with E-state index in [1.807, 2.05) is 47.6 Å². The number of benzene rings is 2. The first-order valence-electron chi connectivity index (χ1n) is 14.4. The van der Waals surface area contributed by atoms with E-state index in [-0.39, 0.29) is 18.4 Å². The molecule has 9 heteroatoms. The van der Waals surface area contributed by atoms with Crippen LogP contribution in [0.4, 0.5) is 5.69 Å². The molecule has 2 aromatic rings. The van der Waals surface area contributed by atoms with Crippen molar-refractivity contribution in [3.63, 3.8) is 0 Å². The lowest BCUT2D eigenvalue weighted by molar-refractivity contribution is -0.158. The van der Waals surface area contributed by atoms with Crippen LogP contribution in [-0.4, -0.2) is 47.4 Å². The maximum Gasteiger partial charge on any atom is 0.349 e. The Morgan fingerprint density at radius 3 is 2.26 bits per heavy atom. The van der Waals surface area contributed by atoms with Crippen molar-refractivity contribution in [2.24, 2.45) is 5.41 Å². The van der Waals surface area contributed by atoms with Crippen molar-refractivity contribution in [2.75, 3.05) is 18.5 Å². The minimum Gasteiger partial charge on any atom is -0.476 e. The Kier molecular flexibility index (Phi) is 9.75. The summed E-state index contributed by atoms with van der Waals surface area (Å²) in [6.07, 6.45) is 1.18. The molecule has 1 atom stereocenters. The van der Waals surface area contributed by atoms with Crippen molar-refractivity contribution in [2.45, 2.75) is 93.7 Å². The molecule has 0 radical (unpaired) electrons. The number of nitrogens with one attached hydrogen (secondary N) is 1. The van der Waals surface area contributed by atoms with E-state index in [0.717, 1.165) is 16.7 Å². The molecular weight excluding hydrogens is 536 g/mol. The number of rotatable bonds is 9. The fourth-order valence-corrected chi connectivity index (χ4v) is 5.03. The van der Waals surface area contributed by atoms with Gasteiger partial charge in [0.2, 0.25) is 5.91 Å². The van der Waals surface area contributed by atoms with Crippen LogP contribution >= 0.6 is 0 Å². The van der Waals surface area contributed by atoms with Gasteiger partial charge in [-0.3, -0.25) is 14.4 Å². The lowest BCUT2D eigenvalue weighted by Crippen LogP contribution is -2.49. The van der Waals surface area contributed by atoms with E-state index in [4.69, 9.17) is 14.2 Å². The third kappa shape index (κ3) is 6.77. The average Bonchev–Trinajstić information content (AvgIpc) is 2.92. The molecule has 1 unspecified atom stereocenters. The molecule has 0 aromatic heterocycles. The Morgan fingerprint density at radius 1 is 1.00 bits per heavy atom. The van der Waals surface area contributed by atoms with Gasteiger partial charge in [-0.15, -0.1) is 0 Å². The second-order valence-electron chi connectivity index (χ2n) is 12.0. The lowest BCUT2D eigenvalue weighted by Gasteiger charge is -2.40. The van der Waals surface area contributed by atoms with Gasteiger partial charge >= 0.3 is 11.9 Å². The van der Waals surface area contributed by atoms with Gasteiger partial charge in [-0.2, -0.15) is 0 Å². The van der Waals surface area contributed by atoms with Crippen molar-refractivity contribution in [1.82, 2.24) is 4.90 Å². The normalized spacial score (nSPS) is 15.0. The first-order valence-corrected chi connectivity index (χ1v) is 14.4. The number of aryl methyl sites for hydroxylation is 1. The fourth-order valence-electron chi connectivity index (χ4n) is 5.03. The third-order valence-electron chi connectivity index (χ3n) is 7.99. The minimum atomic E-state index is -1.26. The molecular formula is C33H44N2O7. The number of carbonyl (C=O) groups is 4. The Labute approximate surface area is 248 Å². The predicted molar refractivity (Wildman–Crippen MR) is 161 cm³/mol. The molecule has 228 valence electrons. The molecule has 3 rings (SSSR count). The third-order valence-corrected chi connectivity index (χ3v) is 7.99. The number of carbonyl (C=O) groups excluding carboxylic acids is 4. The maximum absolute atomic E-state index is 14.2. The zero-order valence-corrected chi connectivity index (χ0v) is 26.5. The summed E-state index contributed by atoms with van der Waals surface area (Å²) in [7, 11) is 0. The van der Waals surface area contributed by atoms with Crippen LogP contribution in [-0.2, 0) is 30.3 Å². The van der Waals surface area contributed by atoms with Gasteiger partial charge in [0.25, 0.3) is 5.91 Å². The summed E-state index contributed by atoms with van der Waals surface area (Å²) >= 11 is 0. The molecule has 1 N–H and O–H groups in total. The highest BCUT2D eigenvalue weighted by Gasteiger charge is 2.41. The van der Waals surface area contributed by atoms with Crippen LogP contribution in [0.15, 0.2) is 24.3 Å². The van der Waals surface area contributed by atoms with Gasteiger partial charge in [-0.25, -0.2) is 4.79 Å². The molecule has 0 aliphatic carbocycles. The molecule has 42 heavy (non-hydrogen) atoms. The Balaban J connectivity index is 2.09. The number of nitrogens with zero attached hydrogens (tertiary/aromatic N) is 1. The molecule has 0 spiro atoms. The average molecular weight is 581 g/mol. The summed E-state index contributed by atoms with van der Waals surface area (Å²) in [6.45, 7) is 18.1. The highest BCUT2D eigenvalue weighted by atomic mass is 16.6. The van der Waals surface area contributed by atoms with Gasteiger partial charge in [0, 0.05) is 24.6 Å². The molecule has 0 fully saturated rings. The molecule has 1 heterocycles. The number of hydrogen-bond donors (Lipinski definition) is 1. The summed E-state index contributed by atoms with van der Waals surface area (Å²) in [5.74, 6) is -0.566. The van der Waals surface area contributed by atoms with Crippen molar-refractivity contribution >= 4 is 29.4 Å². The number of anilines is 1. The molecule has 1 aliphatic heterocycles. The minimum absolute atomic E-state index is 0.122. The molecule has 1 aliphatic rings. The highest BCUT2D eigenvalue weighted by Crippen LogP contribution is 2.39. The molecule has 9 nitrogen and oxygen atoms in total. The predicted octanol–water partition coefficient (Wildman–Crippen LogP) is 5.76. The number of hydrogen-bond acceptors (Lipinski definition) is 7. The number of ether oxygens (including phenoxy) is 3. The number of fused-ring (bicyclic) bond motifs is 1. The van der Waals surface area contributed by atoms with E-state index in [2.05, 4.69) is 5.32 Å². The van der Waals surface area contributed by atoms with Crippen LogP contribution in [0.25, 0.3) is 0 Å². The lowest BCUT2D eigenvalue weighted by atomic mass is 9.84. The molecule has 2 aromatic carbocycles. The summed E-state index contributed by atoms with van der Waals surface area (Å²) in [5, 5.41) is 3.05. The van der Waals surface area contributed by atoms with E-state index in [0.29, 0.717) is 47.7 Å². The van der Waals surface area contributed by atoms with E-state index in [1.54, 1.807) is 43.9 Å². The largest absolute Gasteiger partial charge is 0.476 e. The van der Waals surface area contributed by atoms with E-state index in [1.165, 1.54) is 6.92 Å². The fraction of sp³-hybridized carbons (Fsp3) is 0.515. The smallest absolute Gasteiger partial charge is 0.349 e. The molecule has 0 saturated heterocycles. The summed E-state index contributed by atoms with van der Waals surface area (Å²) in [5.41, 5.74) is 2.38. The van der Waals surface area contributed by atoms with Gasteiger partial charge < -0.3 is 24.4 Å². The summed E-state index contributed by atoms with van der Waals surface area (Å²) < 4.78 is 16.6. The quantitative estimate of drug-likeness (QED) is 0.297. The maximum atomic E-state index is 14.2. The molecule has 0 saturated carbocycles. The van der Waals surface area contributed by atoms with Crippen LogP contribution in [0, 0.1) is 26.2 Å². The van der Waals surface area contributed by atoms with E-state index < -0.39 is 29.0 Å². The van der Waals surface area contributed by atoms with Gasteiger partial charge in [0.1, 0.15) is 17.5 Å². The zero-order chi connectivity index (χ0) is 31.6. The summed E-state index contributed by atoms with van der Waals surface area (Å²) in [6, 6.07) is 6.23. The Hall–Kier alpha value is -3.88. The second-order valence-corrected chi connectivity index (χ2v) is 12.0. The standard InChI is InChI=1S/C33H44N2O7/c1-11-32(7,8)30(38)35-16-15-23-13-14-24(42-33(9,10)31(39)40-12-2)18-25(23)27(35)29(37)34-26-17-19(3)28(41-22(6)36)21(5)20(26)4/h13-14,17-18,27H,11-12,15-16H2,1-10H3,(H,34,37). The van der Waals surface area contributed by atoms with E-state index in [9.17, 15) is 19.2 Å². The van der Waals surface area contributed by atoms with Crippen LogP contribution in [0.1, 0.15) is 88.7 Å². The van der Waals surface area contributed by atoms with Crippen LogP contribution in [0.2, 0.25) is 0 Å². The Morgan fingerprint density at radius 2 is 1.67 bits per heavy atom. The topological polar surface area (TPSA) is 111 Å². The van der Waals surface area contributed by atoms with Crippen molar-refractivity contribution in [3.05, 3.63) is 52.1 Å². The monoisotopic (exact) mass is 580 g/mol. The highest BCUT2D eigenvalue weighted by molar-refractivity contribution is 6.00. The van der Waals surface area contributed by atoms with Crippen molar-refractivity contribution in [3.8, 4) is 11.5 Å². The zero-order valence-electron chi connectivity index (χ0n) is 26.5. The van der Waals surface area contributed by atoms with Crippen LogP contribution in [0.3, 0.4) is 0 Å². The SMILES string of the molecule is CCOC(=O)C(C)(C)Oc1ccc2c(c1)C(C(=O)Nc1cc(C)c(OC(C)=O)c(C)c1C)N(C(=O)C(C)(C)CC)CC2. The van der Waals surface area contributed by atoms with Gasteiger partial charge in [0.05, 0.1) is 6.61 Å². The first-order chi connectivity index (χ1) is 19.5. The summed E-state index contributed by atoms with van der Waals surface area (Å²) in [4.78, 5) is 53.8. The van der Waals surface area contributed by atoms with Crippen LogP contribution in [0.5, 0.6) is 11.5 Å². The van der Waals surface area contributed by atoms with Crippen molar-refractivity contribution in [1.29, 1.82) is 0 Å². The number of amides is 2. The number of esters is 2. The van der Waals surface area contributed by atoms with Gasteiger partial charge in [-0.1, -0.05) is 26.8 Å². The first kappa shape index (κ1) is 32.6. The molecule has 0 bridgehead atoms. The molecule has 2 amide bonds.